The van der Waals surface area contributed by atoms with Crippen LogP contribution < -0.4 is 9.47 Å². The minimum Gasteiger partial charge on any atom is -0.504 e. The van der Waals surface area contributed by atoms with E-state index in [0.29, 0.717) is 25.3 Å². The molecule has 2 atom stereocenters. The molecule has 0 aromatic heterocycles. The molecule has 1 spiro atoms. The molecule has 2 aromatic carbocycles. The van der Waals surface area contributed by atoms with Crippen LogP contribution in [0.1, 0.15) is 42.9 Å². The van der Waals surface area contributed by atoms with Crippen LogP contribution in [0.25, 0.3) is 0 Å². The highest BCUT2D eigenvalue weighted by molar-refractivity contribution is 5.79. The number of hydrogen-bond acceptors (Lipinski definition) is 5. The maximum atomic E-state index is 13.0. The fourth-order valence-corrected chi connectivity index (χ4v) is 5.46. The smallest absolute Gasteiger partial charge is 0.226 e. The molecule has 0 aliphatic carbocycles. The Labute approximate surface area is 182 Å². The highest BCUT2D eigenvalue weighted by atomic mass is 16.5. The summed E-state index contributed by atoms with van der Waals surface area (Å²) in [6, 6.07) is 13.2. The first-order chi connectivity index (χ1) is 15.1. The number of rotatable bonds is 3. The number of phenolic OH excluding ortho intramolecular Hbond substituents is 1. The molecule has 31 heavy (non-hydrogen) atoms. The van der Waals surface area contributed by atoms with Gasteiger partial charge in [0.1, 0.15) is 11.4 Å². The quantitative estimate of drug-likeness (QED) is 0.812. The van der Waals surface area contributed by atoms with Gasteiger partial charge in [0.2, 0.25) is 5.91 Å². The van der Waals surface area contributed by atoms with Crippen molar-refractivity contribution < 1.29 is 24.1 Å². The molecule has 0 unspecified atom stereocenters. The number of fused-ring (bicyclic) bond motifs is 4. The van der Waals surface area contributed by atoms with E-state index < -0.39 is 5.60 Å². The van der Waals surface area contributed by atoms with Crippen LogP contribution in [0, 0.1) is 5.92 Å². The molecule has 3 aliphatic heterocycles. The number of aromatic hydroxyl groups is 1. The van der Waals surface area contributed by atoms with Crippen molar-refractivity contribution >= 4 is 5.91 Å². The number of carbonyl (C=O) groups is 1. The Kier molecular flexibility index (Phi) is 5.26. The summed E-state index contributed by atoms with van der Waals surface area (Å²) in [5.41, 5.74) is 1.51. The zero-order valence-electron chi connectivity index (χ0n) is 17.9. The Morgan fingerprint density at radius 3 is 2.84 bits per heavy atom. The second kappa shape index (κ2) is 8.08. The summed E-state index contributed by atoms with van der Waals surface area (Å²) in [6.07, 6.45) is 3.86. The molecule has 1 amide bonds. The normalized spacial score (nSPS) is 24.1. The molecule has 1 N–H and O–H groups in total. The van der Waals surface area contributed by atoms with E-state index in [0.717, 1.165) is 49.2 Å². The Morgan fingerprint density at radius 1 is 1.23 bits per heavy atom. The number of amides is 1. The fraction of sp³-hybridized carbons (Fsp3) is 0.480. The fourth-order valence-electron chi connectivity index (χ4n) is 5.46. The molecule has 5 rings (SSSR count). The largest absolute Gasteiger partial charge is 0.504 e. The predicted octanol–water partition coefficient (Wildman–Crippen LogP) is 3.86. The van der Waals surface area contributed by atoms with Gasteiger partial charge in [-0.2, -0.15) is 0 Å². The van der Waals surface area contributed by atoms with Crippen LogP contribution in [0.15, 0.2) is 42.5 Å². The molecule has 2 aromatic rings. The van der Waals surface area contributed by atoms with Crippen molar-refractivity contribution in [1.29, 1.82) is 0 Å². The Balaban J connectivity index is 1.32. The first-order valence-electron chi connectivity index (χ1n) is 11.1. The number of hydrogen-bond donors (Lipinski definition) is 1. The third-order valence-electron chi connectivity index (χ3n) is 7.09. The van der Waals surface area contributed by atoms with Gasteiger partial charge in [-0.3, -0.25) is 4.79 Å². The molecule has 2 fully saturated rings. The maximum absolute atomic E-state index is 13.0. The molecule has 0 bridgehead atoms. The van der Waals surface area contributed by atoms with Gasteiger partial charge < -0.3 is 24.2 Å². The summed E-state index contributed by atoms with van der Waals surface area (Å²) in [6.45, 7) is 2.03. The van der Waals surface area contributed by atoms with E-state index in [1.807, 2.05) is 41.3 Å². The number of nitrogens with zero attached hydrogens (tertiary/aromatic N) is 1. The van der Waals surface area contributed by atoms with Crippen molar-refractivity contribution in [2.45, 2.75) is 43.8 Å². The summed E-state index contributed by atoms with van der Waals surface area (Å²) in [5.74, 6) is 1.85. The van der Waals surface area contributed by atoms with Crippen molar-refractivity contribution in [1.82, 2.24) is 4.90 Å². The van der Waals surface area contributed by atoms with E-state index in [4.69, 9.17) is 14.2 Å². The van der Waals surface area contributed by atoms with E-state index in [-0.39, 0.29) is 23.7 Å². The first kappa shape index (κ1) is 20.2. The van der Waals surface area contributed by atoms with Crippen molar-refractivity contribution in [2.24, 2.45) is 5.92 Å². The second-order valence-electron chi connectivity index (χ2n) is 8.81. The molecule has 164 valence electrons. The summed E-state index contributed by atoms with van der Waals surface area (Å²) >= 11 is 0. The molecule has 6 heteroatoms. The van der Waals surface area contributed by atoms with Crippen LogP contribution >= 0.6 is 0 Å². The zero-order valence-corrected chi connectivity index (χ0v) is 17.9. The van der Waals surface area contributed by atoms with Gasteiger partial charge in [0, 0.05) is 44.0 Å². The third kappa shape index (κ3) is 3.63. The minimum atomic E-state index is -0.399. The maximum Gasteiger partial charge on any atom is 0.226 e. The Bertz CT molecular complexity index is 966. The molecule has 3 aliphatic rings. The lowest BCUT2D eigenvalue weighted by Gasteiger charge is -2.53. The number of piperidine rings is 1. The SMILES string of the molecule is COc1cccc(CC(=O)N2CCC3(CC2)Oc2c(O)cccc2[C@H]2OCCC[C@@H]23)c1. The van der Waals surface area contributed by atoms with E-state index in [1.54, 1.807) is 13.2 Å². The number of methoxy groups -OCH3 is 1. The van der Waals surface area contributed by atoms with E-state index in [1.165, 1.54) is 0 Å². The second-order valence-corrected chi connectivity index (χ2v) is 8.81. The van der Waals surface area contributed by atoms with Crippen LogP contribution in [0.2, 0.25) is 0 Å². The van der Waals surface area contributed by atoms with Crippen LogP contribution in [0.5, 0.6) is 17.2 Å². The molecule has 2 saturated heterocycles. The number of phenols is 1. The predicted molar refractivity (Wildman–Crippen MR) is 115 cm³/mol. The summed E-state index contributed by atoms with van der Waals surface area (Å²) in [4.78, 5) is 14.9. The lowest BCUT2D eigenvalue weighted by atomic mass is 9.70. The number of para-hydroxylation sites is 1. The van der Waals surface area contributed by atoms with Gasteiger partial charge in [0.05, 0.1) is 19.6 Å². The van der Waals surface area contributed by atoms with Crippen molar-refractivity contribution in [3.05, 3.63) is 53.6 Å². The van der Waals surface area contributed by atoms with Gasteiger partial charge in [0.25, 0.3) is 0 Å². The van der Waals surface area contributed by atoms with E-state index >= 15 is 0 Å². The highest BCUT2D eigenvalue weighted by Crippen LogP contribution is 2.55. The third-order valence-corrected chi connectivity index (χ3v) is 7.09. The van der Waals surface area contributed by atoms with Crippen LogP contribution in [0.3, 0.4) is 0 Å². The van der Waals surface area contributed by atoms with Gasteiger partial charge in [-0.25, -0.2) is 0 Å². The molecule has 3 heterocycles. The van der Waals surface area contributed by atoms with Crippen LogP contribution in [0.4, 0.5) is 0 Å². The van der Waals surface area contributed by atoms with Crippen molar-refractivity contribution in [3.8, 4) is 17.2 Å². The molecule has 6 nitrogen and oxygen atoms in total. The zero-order chi connectivity index (χ0) is 21.4. The molecule has 0 radical (unpaired) electrons. The Morgan fingerprint density at radius 2 is 2.03 bits per heavy atom. The average Bonchev–Trinajstić information content (AvgIpc) is 2.81. The van der Waals surface area contributed by atoms with Crippen LogP contribution in [-0.2, 0) is 16.0 Å². The number of likely N-dealkylation sites (tertiary alicyclic amines) is 1. The van der Waals surface area contributed by atoms with E-state index in [9.17, 15) is 9.90 Å². The summed E-state index contributed by atoms with van der Waals surface area (Å²) in [7, 11) is 1.63. The number of ether oxygens (including phenoxy) is 3. The van der Waals surface area contributed by atoms with Gasteiger partial charge >= 0.3 is 0 Å². The van der Waals surface area contributed by atoms with Gasteiger partial charge in [-0.15, -0.1) is 0 Å². The highest BCUT2D eigenvalue weighted by Gasteiger charge is 2.53. The van der Waals surface area contributed by atoms with Gasteiger partial charge in [-0.05, 0) is 36.6 Å². The summed E-state index contributed by atoms with van der Waals surface area (Å²) < 4.78 is 18.0. The number of benzene rings is 2. The Hall–Kier alpha value is -2.73. The van der Waals surface area contributed by atoms with Gasteiger partial charge in [-0.1, -0.05) is 24.3 Å². The van der Waals surface area contributed by atoms with Crippen molar-refractivity contribution in [3.63, 3.8) is 0 Å². The first-order valence-corrected chi connectivity index (χ1v) is 11.1. The summed E-state index contributed by atoms with van der Waals surface area (Å²) in [5, 5.41) is 10.5. The van der Waals surface area contributed by atoms with Gasteiger partial charge in [0.15, 0.2) is 11.5 Å². The average molecular weight is 424 g/mol. The molecular weight excluding hydrogens is 394 g/mol. The lowest BCUT2D eigenvalue weighted by molar-refractivity contribution is -0.157. The standard InChI is InChI=1S/C25H29NO5/c1-29-18-6-2-5-17(15-18)16-22(28)26-12-10-25(11-13-26)20-8-4-14-30-23(20)19-7-3-9-21(27)24(19)31-25/h2-3,5-7,9,15,20,23,27H,4,8,10-14,16H2,1H3/t20-,23+/m0/s1. The monoisotopic (exact) mass is 423 g/mol. The van der Waals surface area contributed by atoms with E-state index in [2.05, 4.69) is 0 Å². The molecular formula is C25H29NO5. The molecule has 0 saturated carbocycles. The van der Waals surface area contributed by atoms with Crippen molar-refractivity contribution in [2.75, 3.05) is 26.8 Å². The van der Waals surface area contributed by atoms with Crippen LogP contribution in [-0.4, -0.2) is 48.3 Å². The number of carbonyl (C=O) groups excluding carboxylic acids is 1. The lowest BCUT2D eigenvalue weighted by Crippen LogP contribution is -2.58. The minimum absolute atomic E-state index is 0.0522. The topological polar surface area (TPSA) is 68.2 Å².